The number of anilines is 1. The molecule has 1 heterocycles. The van der Waals surface area contributed by atoms with E-state index >= 15 is 0 Å². The Labute approximate surface area is 99.8 Å². The van der Waals surface area contributed by atoms with Crippen LogP contribution in [0.3, 0.4) is 0 Å². The normalized spacial score (nSPS) is 10.7. The Morgan fingerprint density at radius 2 is 2.06 bits per heavy atom. The number of hydrogen-bond acceptors (Lipinski definition) is 2. The van der Waals surface area contributed by atoms with Crippen molar-refractivity contribution in [1.82, 2.24) is 9.78 Å². The maximum absolute atomic E-state index is 5.90. The SMILES string of the molecule is Cc1cc(C)n(Cc2ccc(Cl)cc2N)n1. The lowest BCUT2D eigenvalue weighted by atomic mass is 10.2. The highest BCUT2D eigenvalue weighted by molar-refractivity contribution is 6.30. The molecule has 0 saturated carbocycles. The number of hydrogen-bond donors (Lipinski definition) is 1. The molecule has 1 aromatic heterocycles. The predicted octanol–water partition coefficient (Wildman–Crippen LogP) is 2.78. The number of aryl methyl sites for hydroxylation is 2. The first-order valence-corrected chi connectivity index (χ1v) is 5.49. The monoisotopic (exact) mass is 235 g/mol. The van der Waals surface area contributed by atoms with Crippen molar-refractivity contribution < 1.29 is 0 Å². The molecule has 0 aliphatic rings. The smallest absolute Gasteiger partial charge is 0.0682 e. The summed E-state index contributed by atoms with van der Waals surface area (Å²) in [6, 6.07) is 7.60. The summed E-state index contributed by atoms with van der Waals surface area (Å²) in [5.74, 6) is 0. The number of nitrogens with zero attached hydrogens (tertiary/aromatic N) is 2. The van der Waals surface area contributed by atoms with Crippen molar-refractivity contribution in [1.29, 1.82) is 0 Å². The number of nitrogen functional groups attached to an aromatic ring is 1. The number of halogens is 1. The van der Waals surface area contributed by atoms with Gasteiger partial charge in [0.1, 0.15) is 0 Å². The molecule has 3 nitrogen and oxygen atoms in total. The van der Waals surface area contributed by atoms with Crippen LogP contribution in [-0.4, -0.2) is 9.78 Å². The summed E-state index contributed by atoms with van der Waals surface area (Å²) in [7, 11) is 0. The van der Waals surface area contributed by atoms with Gasteiger partial charge in [0.2, 0.25) is 0 Å². The summed E-state index contributed by atoms with van der Waals surface area (Å²) >= 11 is 5.85. The van der Waals surface area contributed by atoms with Gasteiger partial charge in [-0.25, -0.2) is 0 Å². The van der Waals surface area contributed by atoms with Crippen LogP contribution < -0.4 is 5.73 Å². The first kappa shape index (κ1) is 11.0. The Hall–Kier alpha value is -1.48. The van der Waals surface area contributed by atoms with E-state index in [1.54, 1.807) is 6.07 Å². The van der Waals surface area contributed by atoms with Crippen LogP contribution in [0.2, 0.25) is 5.02 Å². The summed E-state index contributed by atoms with van der Waals surface area (Å²) in [6.45, 7) is 4.70. The Kier molecular flexibility index (Phi) is 2.88. The molecule has 84 valence electrons. The molecule has 16 heavy (non-hydrogen) atoms. The van der Waals surface area contributed by atoms with Gasteiger partial charge in [0.25, 0.3) is 0 Å². The number of nitrogens with two attached hydrogens (primary N) is 1. The van der Waals surface area contributed by atoms with E-state index in [0.717, 1.165) is 17.0 Å². The maximum Gasteiger partial charge on any atom is 0.0682 e. The third-order valence-electron chi connectivity index (χ3n) is 2.53. The minimum atomic E-state index is 0.662. The molecule has 0 aliphatic carbocycles. The summed E-state index contributed by atoms with van der Waals surface area (Å²) in [5.41, 5.74) is 9.80. The molecular formula is C12H14ClN3. The molecule has 2 aromatic rings. The highest BCUT2D eigenvalue weighted by Gasteiger charge is 2.05. The minimum absolute atomic E-state index is 0.662. The quantitative estimate of drug-likeness (QED) is 0.814. The van der Waals surface area contributed by atoms with E-state index < -0.39 is 0 Å². The van der Waals surface area contributed by atoms with Gasteiger partial charge < -0.3 is 5.73 Å². The lowest BCUT2D eigenvalue weighted by Crippen LogP contribution is -2.06. The fourth-order valence-corrected chi connectivity index (χ4v) is 1.89. The molecule has 0 fully saturated rings. The maximum atomic E-state index is 5.90. The molecule has 0 aliphatic heterocycles. The van der Waals surface area contributed by atoms with Crippen molar-refractivity contribution in [3.63, 3.8) is 0 Å². The fourth-order valence-electron chi connectivity index (χ4n) is 1.71. The van der Waals surface area contributed by atoms with Crippen LogP contribution in [0.1, 0.15) is 17.0 Å². The molecule has 2 rings (SSSR count). The molecule has 2 N–H and O–H groups in total. The van der Waals surface area contributed by atoms with Crippen LogP contribution in [0.25, 0.3) is 0 Å². The van der Waals surface area contributed by atoms with Crippen LogP contribution in [0.15, 0.2) is 24.3 Å². The average molecular weight is 236 g/mol. The Balaban J connectivity index is 2.30. The molecule has 0 unspecified atom stereocenters. The van der Waals surface area contributed by atoms with E-state index in [9.17, 15) is 0 Å². The molecule has 1 aromatic carbocycles. The van der Waals surface area contributed by atoms with Crippen molar-refractivity contribution in [2.24, 2.45) is 0 Å². The summed E-state index contributed by atoms with van der Waals surface area (Å²) < 4.78 is 1.94. The largest absolute Gasteiger partial charge is 0.398 e. The minimum Gasteiger partial charge on any atom is -0.398 e. The van der Waals surface area contributed by atoms with Gasteiger partial charge in [-0.15, -0.1) is 0 Å². The molecule has 4 heteroatoms. The summed E-state index contributed by atoms with van der Waals surface area (Å²) in [4.78, 5) is 0. The molecule has 0 atom stereocenters. The second-order valence-corrected chi connectivity index (χ2v) is 4.36. The second kappa shape index (κ2) is 4.18. The van der Waals surface area contributed by atoms with E-state index in [0.29, 0.717) is 17.3 Å². The average Bonchev–Trinajstić information content (AvgIpc) is 2.50. The standard InChI is InChI=1S/C12H14ClN3/c1-8-5-9(2)16(15-8)7-10-3-4-11(13)6-12(10)14/h3-6H,7,14H2,1-2H3. The third-order valence-corrected chi connectivity index (χ3v) is 2.77. The molecule has 0 amide bonds. The number of benzene rings is 1. The van der Waals surface area contributed by atoms with Gasteiger partial charge in [0, 0.05) is 16.4 Å². The Morgan fingerprint density at radius 1 is 1.31 bits per heavy atom. The van der Waals surface area contributed by atoms with E-state index in [1.807, 2.05) is 36.7 Å². The molecule has 0 saturated heterocycles. The molecule has 0 spiro atoms. The van der Waals surface area contributed by atoms with Crippen molar-refractivity contribution in [3.05, 3.63) is 46.2 Å². The number of aromatic nitrogens is 2. The molecular weight excluding hydrogens is 222 g/mol. The lowest BCUT2D eigenvalue weighted by Gasteiger charge is -2.07. The Morgan fingerprint density at radius 3 is 2.62 bits per heavy atom. The Bertz CT molecular complexity index is 517. The summed E-state index contributed by atoms with van der Waals surface area (Å²) in [6.07, 6.45) is 0. The molecule has 0 radical (unpaired) electrons. The van der Waals surface area contributed by atoms with Gasteiger partial charge in [-0.05, 0) is 37.6 Å². The van der Waals surface area contributed by atoms with Gasteiger partial charge in [-0.1, -0.05) is 17.7 Å². The lowest BCUT2D eigenvalue weighted by molar-refractivity contribution is 0.660. The second-order valence-electron chi connectivity index (χ2n) is 3.93. The van der Waals surface area contributed by atoms with Crippen molar-refractivity contribution >= 4 is 17.3 Å². The van der Waals surface area contributed by atoms with Crippen LogP contribution in [0.4, 0.5) is 5.69 Å². The predicted molar refractivity (Wildman–Crippen MR) is 66.7 cm³/mol. The highest BCUT2D eigenvalue weighted by Crippen LogP contribution is 2.19. The van der Waals surface area contributed by atoms with Crippen LogP contribution in [-0.2, 0) is 6.54 Å². The molecule has 0 bridgehead atoms. The van der Waals surface area contributed by atoms with Crippen molar-refractivity contribution in [2.45, 2.75) is 20.4 Å². The van der Waals surface area contributed by atoms with Crippen molar-refractivity contribution in [2.75, 3.05) is 5.73 Å². The van der Waals surface area contributed by atoms with Gasteiger partial charge in [0.15, 0.2) is 0 Å². The zero-order valence-corrected chi connectivity index (χ0v) is 10.1. The van der Waals surface area contributed by atoms with Gasteiger partial charge >= 0.3 is 0 Å². The van der Waals surface area contributed by atoms with Gasteiger partial charge in [-0.3, -0.25) is 4.68 Å². The van der Waals surface area contributed by atoms with Crippen LogP contribution >= 0.6 is 11.6 Å². The fraction of sp³-hybridized carbons (Fsp3) is 0.250. The summed E-state index contributed by atoms with van der Waals surface area (Å²) in [5, 5.41) is 5.06. The zero-order chi connectivity index (χ0) is 11.7. The van der Waals surface area contributed by atoms with E-state index in [-0.39, 0.29) is 0 Å². The topological polar surface area (TPSA) is 43.8 Å². The van der Waals surface area contributed by atoms with Gasteiger partial charge in [0.05, 0.1) is 12.2 Å². The first-order chi connectivity index (χ1) is 7.56. The first-order valence-electron chi connectivity index (χ1n) is 5.11. The van der Waals surface area contributed by atoms with Crippen LogP contribution in [0.5, 0.6) is 0 Å². The highest BCUT2D eigenvalue weighted by atomic mass is 35.5. The third kappa shape index (κ3) is 2.19. The van der Waals surface area contributed by atoms with Crippen molar-refractivity contribution in [3.8, 4) is 0 Å². The zero-order valence-electron chi connectivity index (χ0n) is 9.37. The van der Waals surface area contributed by atoms with E-state index in [4.69, 9.17) is 17.3 Å². The van der Waals surface area contributed by atoms with Gasteiger partial charge in [-0.2, -0.15) is 5.10 Å². The van der Waals surface area contributed by atoms with Crippen LogP contribution in [0, 0.1) is 13.8 Å². The van der Waals surface area contributed by atoms with E-state index in [1.165, 1.54) is 0 Å². The number of rotatable bonds is 2. The van der Waals surface area contributed by atoms with E-state index in [2.05, 4.69) is 5.10 Å².